The zero-order chi connectivity index (χ0) is 18.2. The Balaban J connectivity index is 2.20. The lowest BCUT2D eigenvalue weighted by Gasteiger charge is -2.36. The van der Waals surface area contributed by atoms with E-state index in [-0.39, 0.29) is 17.5 Å². The standard InChI is InChI=1S/C21H18O4/c1-13-7-8-14(2)15(9-13)10-21(12-23)18(11-22)19(24)16-5-3-4-6-17(16)20(21)25/h3-9,11-12,18H,10H2,1-2H3. The van der Waals surface area contributed by atoms with Gasteiger partial charge in [-0.3, -0.25) is 9.59 Å². The van der Waals surface area contributed by atoms with Gasteiger partial charge in [-0.2, -0.15) is 0 Å². The summed E-state index contributed by atoms with van der Waals surface area (Å²) >= 11 is 0. The Morgan fingerprint density at radius 3 is 2.32 bits per heavy atom. The highest BCUT2D eigenvalue weighted by molar-refractivity contribution is 6.26. The molecule has 0 saturated heterocycles. The number of aryl methyl sites for hydroxylation is 2. The molecular weight excluding hydrogens is 316 g/mol. The molecule has 3 rings (SSSR count). The van der Waals surface area contributed by atoms with E-state index in [1.807, 2.05) is 32.0 Å². The zero-order valence-corrected chi connectivity index (χ0v) is 14.1. The number of aldehydes is 2. The highest BCUT2D eigenvalue weighted by atomic mass is 16.2. The van der Waals surface area contributed by atoms with Gasteiger partial charge in [-0.1, -0.05) is 48.0 Å². The van der Waals surface area contributed by atoms with Crippen molar-refractivity contribution in [3.8, 4) is 0 Å². The lowest BCUT2D eigenvalue weighted by molar-refractivity contribution is -0.121. The average Bonchev–Trinajstić information content (AvgIpc) is 2.62. The quantitative estimate of drug-likeness (QED) is 0.637. The summed E-state index contributed by atoms with van der Waals surface area (Å²) in [5.74, 6) is -2.23. The molecule has 126 valence electrons. The largest absolute Gasteiger partial charge is 0.303 e. The van der Waals surface area contributed by atoms with Crippen LogP contribution < -0.4 is 0 Å². The molecule has 25 heavy (non-hydrogen) atoms. The van der Waals surface area contributed by atoms with E-state index in [4.69, 9.17) is 0 Å². The predicted molar refractivity (Wildman–Crippen MR) is 92.8 cm³/mol. The summed E-state index contributed by atoms with van der Waals surface area (Å²) < 4.78 is 0. The lowest BCUT2D eigenvalue weighted by Crippen LogP contribution is -2.50. The summed E-state index contributed by atoms with van der Waals surface area (Å²) in [5, 5.41) is 0. The third-order valence-electron chi connectivity index (χ3n) is 5.03. The fraction of sp³-hybridized carbons (Fsp3) is 0.238. The van der Waals surface area contributed by atoms with Gasteiger partial charge >= 0.3 is 0 Å². The van der Waals surface area contributed by atoms with E-state index < -0.39 is 22.9 Å². The van der Waals surface area contributed by atoms with Crippen LogP contribution in [0.2, 0.25) is 0 Å². The summed E-state index contributed by atoms with van der Waals surface area (Å²) in [6, 6.07) is 12.1. The van der Waals surface area contributed by atoms with Gasteiger partial charge in [-0.15, -0.1) is 0 Å². The maximum absolute atomic E-state index is 13.1. The van der Waals surface area contributed by atoms with E-state index in [2.05, 4.69) is 0 Å². The van der Waals surface area contributed by atoms with Gasteiger partial charge in [-0.25, -0.2) is 0 Å². The van der Waals surface area contributed by atoms with Crippen LogP contribution in [-0.4, -0.2) is 24.1 Å². The molecule has 2 unspecified atom stereocenters. The maximum atomic E-state index is 13.1. The first-order chi connectivity index (χ1) is 11.9. The molecule has 0 bridgehead atoms. The van der Waals surface area contributed by atoms with Crippen LogP contribution in [-0.2, 0) is 16.0 Å². The van der Waals surface area contributed by atoms with E-state index in [9.17, 15) is 19.2 Å². The molecule has 0 fully saturated rings. The van der Waals surface area contributed by atoms with E-state index in [1.54, 1.807) is 12.1 Å². The van der Waals surface area contributed by atoms with Crippen molar-refractivity contribution in [3.05, 3.63) is 70.3 Å². The summed E-state index contributed by atoms with van der Waals surface area (Å²) in [5.41, 5.74) is 1.42. The lowest BCUT2D eigenvalue weighted by atomic mass is 9.61. The van der Waals surface area contributed by atoms with Gasteiger partial charge < -0.3 is 9.59 Å². The second kappa shape index (κ2) is 6.20. The predicted octanol–water partition coefficient (Wildman–Crippen LogP) is 2.93. The van der Waals surface area contributed by atoms with Gasteiger partial charge in [0.2, 0.25) is 0 Å². The van der Waals surface area contributed by atoms with Crippen molar-refractivity contribution in [1.29, 1.82) is 0 Å². The van der Waals surface area contributed by atoms with Crippen LogP contribution >= 0.6 is 0 Å². The number of carbonyl (C=O) groups excluding carboxylic acids is 4. The van der Waals surface area contributed by atoms with Gasteiger partial charge in [0.15, 0.2) is 11.6 Å². The number of fused-ring (bicyclic) bond motifs is 1. The number of Topliss-reactive ketones (excluding diaryl/α,β-unsaturated/α-hetero) is 2. The maximum Gasteiger partial charge on any atom is 0.178 e. The van der Waals surface area contributed by atoms with E-state index in [0.717, 1.165) is 16.7 Å². The molecular formula is C21H18O4. The molecule has 0 radical (unpaired) electrons. The monoisotopic (exact) mass is 334 g/mol. The molecule has 2 aromatic rings. The molecule has 2 aromatic carbocycles. The molecule has 0 aliphatic heterocycles. The number of benzene rings is 2. The van der Waals surface area contributed by atoms with Crippen LogP contribution in [0.25, 0.3) is 0 Å². The minimum Gasteiger partial charge on any atom is -0.303 e. The van der Waals surface area contributed by atoms with Crippen molar-refractivity contribution in [3.63, 3.8) is 0 Å². The van der Waals surface area contributed by atoms with Gasteiger partial charge in [-0.05, 0) is 31.4 Å². The smallest absolute Gasteiger partial charge is 0.178 e. The van der Waals surface area contributed by atoms with E-state index >= 15 is 0 Å². The highest BCUT2D eigenvalue weighted by Gasteiger charge is 2.54. The number of hydrogen-bond acceptors (Lipinski definition) is 4. The Labute approximate surface area is 145 Å². The Hall–Kier alpha value is -2.88. The summed E-state index contributed by atoms with van der Waals surface area (Å²) in [6.45, 7) is 3.79. The Morgan fingerprint density at radius 1 is 1.00 bits per heavy atom. The van der Waals surface area contributed by atoms with Crippen LogP contribution in [0.4, 0.5) is 0 Å². The highest BCUT2D eigenvalue weighted by Crippen LogP contribution is 2.41. The van der Waals surface area contributed by atoms with E-state index in [1.165, 1.54) is 12.1 Å². The molecule has 0 N–H and O–H groups in total. The van der Waals surface area contributed by atoms with E-state index in [0.29, 0.717) is 12.6 Å². The first-order valence-corrected chi connectivity index (χ1v) is 8.10. The minimum atomic E-state index is -1.69. The molecule has 0 aromatic heterocycles. The van der Waals surface area contributed by atoms with Crippen molar-refractivity contribution in [2.75, 3.05) is 0 Å². The summed E-state index contributed by atoms with van der Waals surface area (Å²) in [6.07, 6.45) is 0.964. The van der Waals surface area contributed by atoms with Crippen LogP contribution in [0, 0.1) is 25.2 Å². The van der Waals surface area contributed by atoms with Gasteiger partial charge in [0.25, 0.3) is 0 Å². The second-order valence-electron chi connectivity index (χ2n) is 6.62. The normalized spacial score (nSPS) is 22.4. The topological polar surface area (TPSA) is 68.3 Å². The molecule has 0 spiro atoms. The molecule has 1 aliphatic carbocycles. The molecule has 1 aliphatic rings. The van der Waals surface area contributed by atoms with Gasteiger partial charge in [0.05, 0.1) is 5.92 Å². The van der Waals surface area contributed by atoms with Crippen molar-refractivity contribution >= 4 is 24.1 Å². The molecule has 2 atom stereocenters. The van der Waals surface area contributed by atoms with Crippen molar-refractivity contribution < 1.29 is 19.2 Å². The van der Waals surface area contributed by atoms with Crippen LogP contribution in [0.15, 0.2) is 42.5 Å². The fourth-order valence-electron chi connectivity index (χ4n) is 3.54. The van der Waals surface area contributed by atoms with Gasteiger partial charge in [0.1, 0.15) is 18.0 Å². The SMILES string of the molecule is Cc1ccc(C)c(CC2(C=O)C(=O)c3ccccc3C(=O)C2C=O)c1. The number of ketones is 2. The van der Waals surface area contributed by atoms with Gasteiger partial charge in [0, 0.05) is 11.1 Å². The van der Waals surface area contributed by atoms with Crippen LogP contribution in [0.3, 0.4) is 0 Å². The van der Waals surface area contributed by atoms with Crippen molar-refractivity contribution in [2.24, 2.45) is 11.3 Å². The second-order valence-corrected chi connectivity index (χ2v) is 6.62. The minimum absolute atomic E-state index is 0.0341. The molecule has 4 heteroatoms. The molecule has 0 amide bonds. The number of rotatable bonds is 4. The Kier molecular flexibility index (Phi) is 4.21. The first-order valence-electron chi connectivity index (χ1n) is 8.10. The molecule has 4 nitrogen and oxygen atoms in total. The zero-order valence-electron chi connectivity index (χ0n) is 14.1. The third-order valence-corrected chi connectivity index (χ3v) is 5.03. The first kappa shape index (κ1) is 17.0. The Bertz CT molecular complexity index is 897. The van der Waals surface area contributed by atoms with Crippen LogP contribution in [0.5, 0.6) is 0 Å². The molecule has 0 saturated carbocycles. The average molecular weight is 334 g/mol. The van der Waals surface area contributed by atoms with Crippen molar-refractivity contribution in [2.45, 2.75) is 20.3 Å². The summed E-state index contributed by atoms with van der Waals surface area (Å²) in [4.78, 5) is 49.7. The molecule has 0 heterocycles. The summed E-state index contributed by atoms with van der Waals surface area (Å²) in [7, 11) is 0. The van der Waals surface area contributed by atoms with Crippen LogP contribution in [0.1, 0.15) is 37.4 Å². The number of hydrogen-bond donors (Lipinski definition) is 0. The third kappa shape index (κ3) is 2.54. The number of carbonyl (C=O) groups is 4. The fourth-order valence-corrected chi connectivity index (χ4v) is 3.54. The Morgan fingerprint density at radius 2 is 1.68 bits per heavy atom. The van der Waals surface area contributed by atoms with Crippen molar-refractivity contribution in [1.82, 2.24) is 0 Å².